The molecular formula is C15H11BrClN3O. The van der Waals surface area contributed by atoms with Crippen molar-refractivity contribution in [2.24, 2.45) is 0 Å². The smallest absolute Gasteiger partial charge is 0.243 e. The standard InChI is InChI=1S/C15H11BrClN3O/c1-18-15-19-8-13(17)14(20-15)21-12-5-3-9-6-11(16)4-2-10(9)7-12/h2-8H,1H3,(H,18,19,20). The predicted molar refractivity (Wildman–Crippen MR) is 88.3 cm³/mol. The molecule has 4 nitrogen and oxygen atoms in total. The number of nitrogens with zero attached hydrogens (tertiary/aromatic N) is 2. The van der Waals surface area contributed by atoms with Gasteiger partial charge in [0, 0.05) is 11.5 Å². The Balaban J connectivity index is 1.96. The molecule has 0 aliphatic rings. The summed E-state index contributed by atoms with van der Waals surface area (Å²) in [5.74, 6) is 1.46. The number of nitrogens with one attached hydrogen (secondary N) is 1. The molecular weight excluding hydrogens is 354 g/mol. The Morgan fingerprint density at radius 2 is 1.90 bits per heavy atom. The Kier molecular flexibility index (Phi) is 3.94. The summed E-state index contributed by atoms with van der Waals surface area (Å²) in [7, 11) is 1.74. The number of halogens is 2. The largest absolute Gasteiger partial charge is 0.437 e. The molecule has 6 heteroatoms. The SMILES string of the molecule is CNc1ncc(Cl)c(Oc2ccc3cc(Br)ccc3c2)n1. The van der Waals surface area contributed by atoms with Gasteiger partial charge < -0.3 is 10.1 Å². The first-order valence-corrected chi connectivity index (χ1v) is 7.40. The van der Waals surface area contributed by atoms with Gasteiger partial charge in [-0.25, -0.2) is 4.98 Å². The highest BCUT2D eigenvalue weighted by atomic mass is 79.9. The van der Waals surface area contributed by atoms with Crippen molar-refractivity contribution in [2.75, 3.05) is 12.4 Å². The van der Waals surface area contributed by atoms with Gasteiger partial charge in [0.05, 0.1) is 6.20 Å². The predicted octanol–water partition coefficient (Wildman–Crippen LogP) is 4.88. The fraction of sp³-hybridized carbons (Fsp3) is 0.0667. The Bertz CT molecular complexity index is 810. The van der Waals surface area contributed by atoms with Crippen LogP contribution in [0.1, 0.15) is 0 Å². The molecule has 0 aliphatic heterocycles. The number of hydrogen-bond acceptors (Lipinski definition) is 4. The van der Waals surface area contributed by atoms with E-state index in [1.165, 1.54) is 6.20 Å². The fourth-order valence-electron chi connectivity index (χ4n) is 1.91. The lowest BCUT2D eigenvalue weighted by molar-refractivity contribution is 0.463. The van der Waals surface area contributed by atoms with E-state index in [1.54, 1.807) is 7.05 Å². The Morgan fingerprint density at radius 3 is 2.71 bits per heavy atom. The summed E-state index contributed by atoms with van der Waals surface area (Å²) in [5.41, 5.74) is 0. The second-order valence-electron chi connectivity index (χ2n) is 4.35. The van der Waals surface area contributed by atoms with Crippen LogP contribution in [-0.2, 0) is 0 Å². The van der Waals surface area contributed by atoms with Crippen LogP contribution in [0, 0.1) is 0 Å². The van der Waals surface area contributed by atoms with Gasteiger partial charge in [-0.3, -0.25) is 0 Å². The molecule has 1 heterocycles. The second-order valence-corrected chi connectivity index (χ2v) is 5.67. The number of aromatic nitrogens is 2. The first-order chi connectivity index (χ1) is 10.2. The van der Waals surface area contributed by atoms with Crippen molar-refractivity contribution in [1.82, 2.24) is 9.97 Å². The third-order valence-electron chi connectivity index (χ3n) is 2.92. The van der Waals surface area contributed by atoms with Crippen molar-refractivity contribution < 1.29 is 4.74 Å². The second kappa shape index (κ2) is 5.87. The fourth-order valence-corrected chi connectivity index (χ4v) is 2.42. The van der Waals surface area contributed by atoms with Crippen molar-refractivity contribution in [3.05, 3.63) is 52.1 Å². The Hall–Kier alpha value is -1.85. The van der Waals surface area contributed by atoms with Crippen molar-refractivity contribution in [2.45, 2.75) is 0 Å². The quantitative estimate of drug-likeness (QED) is 0.719. The maximum Gasteiger partial charge on any atom is 0.243 e. The maximum atomic E-state index is 6.06. The van der Waals surface area contributed by atoms with Crippen molar-refractivity contribution in [3.63, 3.8) is 0 Å². The van der Waals surface area contributed by atoms with Gasteiger partial charge >= 0.3 is 0 Å². The van der Waals surface area contributed by atoms with Crippen LogP contribution in [-0.4, -0.2) is 17.0 Å². The highest BCUT2D eigenvalue weighted by molar-refractivity contribution is 9.10. The van der Waals surface area contributed by atoms with E-state index in [4.69, 9.17) is 16.3 Å². The summed E-state index contributed by atoms with van der Waals surface area (Å²) < 4.78 is 6.80. The van der Waals surface area contributed by atoms with Crippen LogP contribution < -0.4 is 10.1 Å². The maximum absolute atomic E-state index is 6.06. The lowest BCUT2D eigenvalue weighted by Gasteiger charge is -2.08. The van der Waals surface area contributed by atoms with Crippen LogP contribution in [0.25, 0.3) is 10.8 Å². The van der Waals surface area contributed by atoms with Crippen molar-refractivity contribution in [3.8, 4) is 11.6 Å². The minimum absolute atomic E-state index is 0.326. The molecule has 1 N–H and O–H groups in total. The first-order valence-electron chi connectivity index (χ1n) is 6.23. The van der Waals surface area contributed by atoms with Crippen LogP contribution in [0.2, 0.25) is 5.02 Å². The summed E-state index contributed by atoms with van der Waals surface area (Å²) in [6.07, 6.45) is 1.51. The van der Waals surface area contributed by atoms with Crippen LogP contribution in [0.5, 0.6) is 11.6 Å². The first kappa shape index (κ1) is 14.1. The van der Waals surface area contributed by atoms with E-state index in [-0.39, 0.29) is 0 Å². The summed E-state index contributed by atoms with van der Waals surface area (Å²) in [5, 5.41) is 5.42. The van der Waals surface area contributed by atoms with Gasteiger partial charge in [-0.15, -0.1) is 0 Å². The number of benzene rings is 2. The zero-order chi connectivity index (χ0) is 14.8. The van der Waals surface area contributed by atoms with Crippen molar-refractivity contribution >= 4 is 44.3 Å². The zero-order valence-corrected chi connectivity index (χ0v) is 13.4. The summed E-state index contributed by atoms with van der Waals surface area (Å²) in [6.45, 7) is 0. The summed E-state index contributed by atoms with van der Waals surface area (Å²) >= 11 is 9.52. The van der Waals surface area contributed by atoms with Gasteiger partial charge in [0.2, 0.25) is 11.8 Å². The highest BCUT2D eigenvalue weighted by Crippen LogP contribution is 2.30. The summed E-state index contributed by atoms with van der Waals surface area (Å²) in [6, 6.07) is 11.9. The van der Waals surface area contributed by atoms with E-state index < -0.39 is 0 Å². The highest BCUT2D eigenvalue weighted by Gasteiger charge is 2.08. The van der Waals surface area contributed by atoms with Crippen LogP contribution in [0.3, 0.4) is 0 Å². The van der Waals surface area contributed by atoms with Gasteiger partial charge in [-0.2, -0.15) is 4.98 Å². The van der Waals surface area contributed by atoms with Gasteiger partial charge in [0.25, 0.3) is 0 Å². The van der Waals surface area contributed by atoms with Gasteiger partial charge in [0.1, 0.15) is 10.8 Å². The van der Waals surface area contributed by atoms with Crippen molar-refractivity contribution in [1.29, 1.82) is 0 Å². The van der Waals surface area contributed by atoms with Gasteiger partial charge in [-0.1, -0.05) is 39.7 Å². The molecule has 0 spiro atoms. The third kappa shape index (κ3) is 3.09. The number of fused-ring (bicyclic) bond motifs is 1. The number of ether oxygens (including phenoxy) is 1. The third-order valence-corrected chi connectivity index (χ3v) is 3.68. The molecule has 3 aromatic rings. The molecule has 1 aromatic heterocycles. The van der Waals surface area contributed by atoms with Crippen LogP contribution in [0.15, 0.2) is 47.1 Å². The molecule has 0 saturated heterocycles. The molecule has 0 fully saturated rings. The molecule has 0 saturated carbocycles. The minimum Gasteiger partial charge on any atom is -0.437 e. The molecule has 2 aromatic carbocycles. The van der Waals surface area contributed by atoms with E-state index in [0.29, 0.717) is 22.6 Å². The summed E-state index contributed by atoms with van der Waals surface area (Å²) in [4.78, 5) is 8.22. The monoisotopic (exact) mass is 363 g/mol. The van der Waals surface area contributed by atoms with Crippen LogP contribution in [0.4, 0.5) is 5.95 Å². The van der Waals surface area contributed by atoms with Gasteiger partial charge in [-0.05, 0) is 35.0 Å². The van der Waals surface area contributed by atoms with Gasteiger partial charge in [0.15, 0.2) is 0 Å². The van der Waals surface area contributed by atoms with E-state index in [0.717, 1.165) is 15.2 Å². The number of hydrogen-bond donors (Lipinski definition) is 1. The van der Waals surface area contributed by atoms with E-state index in [1.807, 2.05) is 30.3 Å². The molecule has 0 atom stereocenters. The van der Waals surface area contributed by atoms with E-state index in [2.05, 4.69) is 37.3 Å². The topological polar surface area (TPSA) is 47.0 Å². The molecule has 0 amide bonds. The lowest BCUT2D eigenvalue weighted by atomic mass is 10.1. The molecule has 3 rings (SSSR count). The Morgan fingerprint density at radius 1 is 1.14 bits per heavy atom. The van der Waals surface area contributed by atoms with E-state index >= 15 is 0 Å². The molecule has 21 heavy (non-hydrogen) atoms. The number of anilines is 1. The normalized spacial score (nSPS) is 10.6. The molecule has 106 valence electrons. The van der Waals surface area contributed by atoms with Crippen LogP contribution >= 0.6 is 27.5 Å². The molecule has 0 aliphatic carbocycles. The molecule has 0 unspecified atom stereocenters. The zero-order valence-electron chi connectivity index (χ0n) is 11.1. The average Bonchev–Trinajstić information content (AvgIpc) is 2.49. The number of rotatable bonds is 3. The lowest BCUT2D eigenvalue weighted by Crippen LogP contribution is -1.98. The van der Waals surface area contributed by atoms with E-state index in [9.17, 15) is 0 Å². The molecule has 0 radical (unpaired) electrons. The minimum atomic E-state index is 0.326. The molecule has 0 bridgehead atoms. The Labute approximate surface area is 135 Å². The average molecular weight is 365 g/mol.